The molecule has 1 nitrogen and oxygen atoms in total. The molecule has 1 aliphatic heterocycles. The fourth-order valence-electron chi connectivity index (χ4n) is 2.82. The number of benzene rings is 2. The lowest BCUT2D eigenvalue weighted by Gasteiger charge is -2.14. The summed E-state index contributed by atoms with van der Waals surface area (Å²) in [6, 6.07) is 14.8. The van der Waals surface area contributed by atoms with Gasteiger partial charge in [0.05, 0.1) is 0 Å². The molecule has 2 heteroatoms. The van der Waals surface area contributed by atoms with E-state index in [0.717, 1.165) is 30.1 Å². The molecule has 0 saturated carbocycles. The zero-order valence-electron chi connectivity index (χ0n) is 11.1. The Kier molecular flexibility index (Phi) is 3.58. The quantitative estimate of drug-likeness (QED) is 0.817. The maximum Gasteiger partial charge on any atom is 0.0484 e. The van der Waals surface area contributed by atoms with E-state index in [0.29, 0.717) is 5.92 Å². The summed E-state index contributed by atoms with van der Waals surface area (Å²) in [4.78, 5) is 0. The van der Waals surface area contributed by atoms with Crippen LogP contribution in [0.15, 0.2) is 42.5 Å². The van der Waals surface area contributed by atoms with Crippen LogP contribution in [-0.2, 0) is 6.42 Å². The van der Waals surface area contributed by atoms with Crippen LogP contribution in [0.4, 0.5) is 0 Å². The van der Waals surface area contributed by atoms with Crippen molar-refractivity contribution in [3.05, 3.63) is 58.6 Å². The second-order valence-corrected chi connectivity index (χ2v) is 5.66. The van der Waals surface area contributed by atoms with Crippen LogP contribution in [0.1, 0.15) is 24.0 Å². The Labute approximate surface area is 119 Å². The van der Waals surface area contributed by atoms with Gasteiger partial charge in [0.1, 0.15) is 0 Å². The van der Waals surface area contributed by atoms with Gasteiger partial charge in [0, 0.05) is 17.1 Å². The minimum absolute atomic E-state index is 0.581. The SMILES string of the molecule is C[C@@H]1CNCCc2cc(-c3ccccc3Cl)ccc21. The summed E-state index contributed by atoms with van der Waals surface area (Å²) in [5.74, 6) is 0.581. The molecule has 98 valence electrons. The smallest absolute Gasteiger partial charge is 0.0484 e. The van der Waals surface area contributed by atoms with Crippen LogP contribution in [0.5, 0.6) is 0 Å². The van der Waals surface area contributed by atoms with Crippen molar-refractivity contribution in [2.45, 2.75) is 19.3 Å². The molecule has 1 aliphatic rings. The van der Waals surface area contributed by atoms with E-state index in [1.54, 1.807) is 0 Å². The average Bonchev–Trinajstić information content (AvgIpc) is 2.61. The number of halogens is 1. The molecule has 0 aliphatic carbocycles. The van der Waals surface area contributed by atoms with Crippen molar-refractivity contribution in [2.24, 2.45) is 0 Å². The van der Waals surface area contributed by atoms with Crippen molar-refractivity contribution in [3.8, 4) is 11.1 Å². The highest BCUT2D eigenvalue weighted by Gasteiger charge is 2.15. The highest BCUT2D eigenvalue weighted by atomic mass is 35.5. The summed E-state index contributed by atoms with van der Waals surface area (Å²) in [7, 11) is 0. The number of hydrogen-bond acceptors (Lipinski definition) is 1. The van der Waals surface area contributed by atoms with E-state index in [-0.39, 0.29) is 0 Å². The van der Waals surface area contributed by atoms with E-state index in [2.05, 4.69) is 36.5 Å². The van der Waals surface area contributed by atoms with Crippen molar-refractivity contribution in [1.29, 1.82) is 0 Å². The van der Waals surface area contributed by atoms with E-state index >= 15 is 0 Å². The zero-order chi connectivity index (χ0) is 13.2. The lowest BCUT2D eigenvalue weighted by atomic mass is 9.92. The van der Waals surface area contributed by atoms with Gasteiger partial charge in [-0.3, -0.25) is 0 Å². The number of nitrogens with one attached hydrogen (secondary N) is 1. The molecule has 1 heterocycles. The monoisotopic (exact) mass is 271 g/mol. The summed E-state index contributed by atoms with van der Waals surface area (Å²) in [5.41, 5.74) is 5.27. The van der Waals surface area contributed by atoms with Gasteiger partial charge in [0.25, 0.3) is 0 Å². The van der Waals surface area contributed by atoms with Crippen LogP contribution in [0.25, 0.3) is 11.1 Å². The molecule has 0 saturated heterocycles. The van der Waals surface area contributed by atoms with Crippen molar-refractivity contribution in [2.75, 3.05) is 13.1 Å². The summed E-state index contributed by atoms with van der Waals surface area (Å²) >= 11 is 6.29. The number of rotatable bonds is 1. The van der Waals surface area contributed by atoms with Crippen LogP contribution in [0.2, 0.25) is 5.02 Å². The van der Waals surface area contributed by atoms with Crippen LogP contribution >= 0.6 is 11.6 Å². The van der Waals surface area contributed by atoms with Gasteiger partial charge >= 0.3 is 0 Å². The molecular weight excluding hydrogens is 254 g/mol. The minimum Gasteiger partial charge on any atom is -0.316 e. The van der Waals surface area contributed by atoms with Crippen LogP contribution in [0.3, 0.4) is 0 Å². The van der Waals surface area contributed by atoms with Gasteiger partial charge in [0.2, 0.25) is 0 Å². The summed E-state index contributed by atoms with van der Waals surface area (Å²) < 4.78 is 0. The molecule has 0 spiro atoms. The predicted molar refractivity (Wildman–Crippen MR) is 81.9 cm³/mol. The maximum atomic E-state index is 6.29. The number of fused-ring (bicyclic) bond motifs is 1. The van der Waals surface area contributed by atoms with Gasteiger partial charge < -0.3 is 5.32 Å². The third-order valence-electron chi connectivity index (χ3n) is 3.88. The molecule has 1 N–H and O–H groups in total. The molecular formula is C17H18ClN. The first-order valence-electron chi connectivity index (χ1n) is 6.84. The standard InChI is InChI=1S/C17H18ClN/c1-12-11-19-9-8-14-10-13(6-7-15(12)14)16-4-2-3-5-17(16)18/h2-7,10,12,19H,8-9,11H2,1H3/t12-/m1/s1. The molecule has 0 radical (unpaired) electrons. The fourth-order valence-corrected chi connectivity index (χ4v) is 3.06. The van der Waals surface area contributed by atoms with Gasteiger partial charge in [-0.1, -0.05) is 54.9 Å². The molecule has 2 aromatic rings. The first-order chi connectivity index (χ1) is 9.25. The molecule has 2 aromatic carbocycles. The highest BCUT2D eigenvalue weighted by molar-refractivity contribution is 6.33. The summed E-state index contributed by atoms with van der Waals surface area (Å²) in [6.07, 6.45) is 1.10. The second-order valence-electron chi connectivity index (χ2n) is 5.25. The molecule has 0 aromatic heterocycles. The van der Waals surface area contributed by atoms with Gasteiger partial charge in [-0.15, -0.1) is 0 Å². The van der Waals surface area contributed by atoms with Gasteiger partial charge in [0.15, 0.2) is 0 Å². The van der Waals surface area contributed by atoms with Gasteiger partial charge in [-0.05, 0) is 41.6 Å². The Morgan fingerprint density at radius 2 is 2.00 bits per heavy atom. The van der Waals surface area contributed by atoms with Crippen LogP contribution in [-0.4, -0.2) is 13.1 Å². The molecule has 3 rings (SSSR count). The first kappa shape index (κ1) is 12.7. The molecule has 0 bridgehead atoms. The summed E-state index contributed by atoms with van der Waals surface area (Å²) in [6.45, 7) is 4.41. The molecule has 1 atom stereocenters. The van der Waals surface area contributed by atoms with Crippen molar-refractivity contribution < 1.29 is 0 Å². The Bertz CT molecular complexity index is 592. The molecule has 0 amide bonds. The van der Waals surface area contributed by atoms with Crippen LogP contribution < -0.4 is 5.32 Å². The average molecular weight is 272 g/mol. The molecule has 0 unspecified atom stereocenters. The first-order valence-corrected chi connectivity index (χ1v) is 7.22. The van der Waals surface area contributed by atoms with E-state index in [1.807, 2.05) is 18.2 Å². The van der Waals surface area contributed by atoms with Crippen molar-refractivity contribution in [1.82, 2.24) is 5.32 Å². The van der Waals surface area contributed by atoms with E-state index < -0.39 is 0 Å². The normalized spacial score (nSPS) is 18.7. The predicted octanol–water partition coefficient (Wildman–Crippen LogP) is 4.26. The summed E-state index contributed by atoms with van der Waals surface area (Å²) in [5, 5.41) is 4.31. The van der Waals surface area contributed by atoms with Crippen molar-refractivity contribution >= 4 is 11.6 Å². The lowest BCUT2D eigenvalue weighted by Crippen LogP contribution is -2.18. The van der Waals surface area contributed by atoms with E-state index in [4.69, 9.17) is 11.6 Å². The fraction of sp³-hybridized carbons (Fsp3) is 0.294. The minimum atomic E-state index is 0.581. The zero-order valence-corrected chi connectivity index (χ0v) is 11.9. The second kappa shape index (κ2) is 5.36. The van der Waals surface area contributed by atoms with Crippen molar-refractivity contribution in [3.63, 3.8) is 0 Å². The van der Waals surface area contributed by atoms with Gasteiger partial charge in [-0.2, -0.15) is 0 Å². The van der Waals surface area contributed by atoms with E-state index in [9.17, 15) is 0 Å². The maximum absolute atomic E-state index is 6.29. The lowest BCUT2D eigenvalue weighted by molar-refractivity contribution is 0.644. The number of hydrogen-bond donors (Lipinski definition) is 1. The Morgan fingerprint density at radius 3 is 2.84 bits per heavy atom. The molecule has 0 fully saturated rings. The highest BCUT2D eigenvalue weighted by Crippen LogP contribution is 2.31. The topological polar surface area (TPSA) is 12.0 Å². The Hall–Kier alpha value is -1.31. The Morgan fingerprint density at radius 1 is 1.16 bits per heavy atom. The third kappa shape index (κ3) is 2.54. The largest absolute Gasteiger partial charge is 0.316 e. The van der Waals surface area contributed by atoms with Gasteiger partial charge in [-0.25, -0.2) is 0 Å². The third-order valence-corrected chi connectivity index (χ3v) is 4.21. The van der Waals surface area contributed by atoms with E-state index in [1.165, 1.54) is 16.7 Å². The Balaban J connectivity index is 2.06. The molecule has 19 heavy (non-hydrogen) atoms. The van der Waals surface area contributed by atoms with Crippen LogP contribution in [0, 0.1) is 0 Å².